The van der Waals surface area contributed by atoms with Crippen LogP contribution in [0.15, 0.2) is 48.5 Å². The molecule has 6 heteroatoms. The van der Waals surface area contributed by atoms with E-state index in [9.17, 15) is 9.59 Å². The van der Waals surface area contributed by atoms with Crippen LogP contribution in [0.1, 0.15) is 31.2 Å². The van der Waals surface area contributed by atoms with Gasteiger partial charge in [0.05, 0.1) is 0 Å². The number of nitrogens with zero attached hydrogens (tertiary/aromatic N) is 1. The second kappa shape index (κ2) is 10.3. The van der Waals surface area contributed by atoms with Gasteiger partial charge in [-0.05, 0) is 74.1 Å². The Bertz CT molecular complexity index is 830. The molecule has 5 nitrogen and oxygen atoms in total. The maximum Gasteiger partial charge on any atom is 0.260 e. The van der Waals surface area contributed by atoms with Gasteiger partial charge < -0.3 is 15.0 Å². The Balaban J connectivity index is 1.34. The first-order valence-electron chi connectivity index (χ1n) is 10.0. The lowest BCUT2D eigenvalue weighted by molar-refractivity contribution is -0.134. The molecule has 2 aromatic carbocycles. The van der Waals surface area contributed by atoms with E-state index >= 15 is 0 Å². The van der Waals surface area contributed by atoms with Gasteiger partial charge in [0.25, 0.3) is 5.91 Å². The van der Waals surface area contributed by atoms with Gasteiger partial charge in [-0.25, -0.2) is 0 Å². The van der Waals surface area contributed by atoms with E-state index in [2.05, 4.69) is 5.32 Å². The molecule has 0 aliphatic carbocycles. The van der Waals surface area contributed by atoms with Crippen molar-refractivity contribution in [3.8, 4) is 5.75 Å². The van der Waals surface area contributed by atoms with Gasteiger partial charge in [0.15, 0.2) is 6.61 Å². The molecule has 1 aliphatic heterocycles. The number of rotatable bonds is 7. The van der Waals surface area contributed by atoms with Crippen molar-refractivity contribution in [2.24, 2.45) is 5.92 Å². The number of hydrogen-bond donors (Lipinski definition) is 1. The molecule has 2 aromatic rings. The zero-order chi connectivity index (χ0) is 20.6. The molecule has 0 unspecified atom stereocenters. The van der Waals surface area contributed by atoms with E-state index in [4.69, 9.17) is 16.3 Å². The lowest BCUT2D eigenvalue weighted by Crippen LogP contribution is -2.41. The summed E-state index contributed by atoms with van der Waals surface area (Å²) in [5.74, 6) is 1.15. The third-order valence-electron chi connectivity index (χ3n) is 5.22. The van der Waals surface area contributed by atoms with E-state index in [0.29, 0.717) is 36.2 Å². The standard InChI is InChI=1S/C23H27ClN2O3/c1-17-3-2-4-20(15-17)25-22(27)10-5-18-11-13-26(14-12-18)23(28)16-29-21-8-6-19(24)7-9-21/h2-4,6-9,15,18H,5,10-14,16H2,1H3,(H,25,27). The Morgan fingerprint density at radius 3 is 2.55 bits per heavy atom. The predicted octanol–water partition coefficient (Wildman–Crippen LogP) is 4.68. The second-order valence-corrected chi connectivity index (χ2v) is 7.96. The minimum Gasteiger partial charge on any atom is -0.484 e. The molecule has 0 saturated carbocycles. The van der Waals surface area contributed by atoms with Gasteiger partial charge >= 0.3 is 0 Å². The van der Waals surface area contributed by atoms with Crippen molar-refractivity contribution in [3.05, 3.63) is 59.1 Å². The minimum atomic E-state index is -0.00408. The van der Waals surface area contributed by atoms with E-state index in [0.717, 1.165) is 30.5 Å². The molecule has 0 spiro atoms. The van der Waals surface area contributed by atoms with E-state index in [1.807, 2.05) is 36.1 Å². The summed E-state index contributed by atoms with van der Waals surface area (Å²) in [5, 5.41) is 3.59. The second-order valence-electron chi connectivity index (χ2n) is 7.52. The average molecular weight is 415 g/mol. The number of amides is 2. The third kappa shape index (κ3) is 6.79. The topological polar surface area (TPSA) is 58.6 Å². The molecule has 0 radical (unpaired) electrons. The normalized spacial score (nSPS) is 14.5. The number of benzene rings is 2. The molecule has 0 atom stereocenters. The van der Waals surface area contributed by atoms with E-state index in [1.165, 1.54) is 0 Å². The fourth-order valence-corrected chi connectivity index (χ4v) is 3.65. The van der Waals surface area contributed by atoms with Crippen LogP contribution in [0.4, 0.5) is 5.69 Å². The number of halogens is 1. The summed E-state index contributed by atoms with van der Waals surface area (Å²) in [5.41, 5.74) is 1.97. The zero-order valence-corrected chi connectivity index (χ0v) is 17.5. The zero-order valence-electron chi connectivity index (χ0n) is 16.7. The Morgan fingerprint density at radius 2 is 1.86 bits per heavy atom. The number of ether oxygens (including phenoxy) is 1. The van der Waals surface area contributed by atoms with Gasteiger partial charge in [0, 0.05) is 30.2 Å². The summed E-state index contributed by atoms with van der Waals surface area (Å²) in [7, 11) is 0. The van der Waals surface area contributed by atoms with E-state index in [1.54, 1.807) is 24.3 Å². The molecule has 154 valence electrons. The number of anilines is 1. The SMILES string of the molecule is Cc1cccc(NC(=O)CCC2CCN(C(=O)COc3ccc(Cl)cc3)CC2)c1. The van der Waals surface area contributed by atoms with Crippen LogP contribution in [0.5, 0.6) is 5.75 Å². The highest BCUT2D eigenvalue weighted by molar-refractivity contribution is 6.30. The van der Waals surface area contributed by atoms with Crippen LogP contribution in [0.25, 0.3) is 0 Å². The average Bonchev–Trinajstić information content (AvgIpc) is 2.72. The van der Waals surface area contributed by atoms with Gasteiger partial charge in [-0.3, -0.25) is 9.59 Å². The predicted molar refractivity (Wildman–Crippen MR) is 115 cm³/mol. The quantitative estimate of drug-likeness (QED) is 0.715. The fraction of sp³-hybridized carbons (Fsp3) is 0.391. The highest BCUT2D eigenvalue weighted by atomic mass is 35.5. The van der Waals surface area contributed by atoms with Gasteiger partial charge in [-0.2, -0.15) is 0 Å². The summed E-state index contributed by atoms with van der Waals surface area (Å²) in [6.07, 6.45) is 3.20. The van der Waals surface area contributed by atoms with Crippen molar-refractivity contribution >= 4 is 29.1 Å². The first kappa shape index (κ1) is 21.2. The Hall–Kier alpha value is -2.53. The van der Waals surface area contributed by atoms with Crippen molar-refractivity contribution in [1.29, 1.82) is 0 Å². The van der Waals surface area contributed by atoms with E-state index in [-0.39, 0.29) is 18.4 Å². The summed E-state index contributed by atoms with van der Waals surface area (Å²) in [4.78, 5) is 26.4. The van der Waals surface area contributed by atoms with Crippen LogP contribution in [-0.2, 0) is 9.59 Å². The highest BCUT2D eigenvalue weighted by Gasteiger charge is 2.23. The molecule has 0 aromatic heterocycles. The van der Waals surface area contributed by atoms with Gasteiger partial charge in [-0.1, -0.05) is 23.7 Å². The molecular formula is C23H27ClN2O3. The Labute approximate surface area is 177 Å². The monoisotopic (exact) mass is 414 g/mol. The van der Waals surface area contributed by atoms with Crippen molar-refractivity contribution in [2.45, 2.75) is 32.6 Å². The van der Waals surface area contributed by atoms with Crippen LogP contribution in [-0.4, -0.2) is 36.4 Å². The number of carbonyl (C=O) groups is 2. The van der Waals surface area contributed by atoms with Crippen molar-refractivity contribution in [3.63, 3.8) is 0 Å². The Morgan fingerprint density at radius 1 is 1.14 bits per heavy atom. The van der Waals surface area contributed by atoms with Crippen molar-refractivity contribution < 1.29 is 14.3 Å². The molecule has 1 N–H and O–H groups in total. The number of carbonyl (C=O) groups excluding carboxylic acids is 2. The number of piperidine rings is 1. The fourth-order valence-electron chi connectivity index (χ4n) is 3.52. The lowest BCUT2D eigenvalue weighted by atomic mass is 9.92. The summed E-state index contributed by atoms with van der Waals surface area (Å²) in [6, 6.07) is 14.8. The number of aryl methyl sites for hydroxylation is 1. The molecule has 0 bridgehead atoms. The summed E-state index contributed by atoms with van der Waals surface area (Å²) >= 11 is 5.85. The van der Waals surface area contributed by atoms with Crippen LogP contribution in [0, 0.1) is 12.8 Å². The molecule has 1 heterocycles. The Kier molecular flexibility index (Phi) is 7.53. The van der Waals surface area contributed by atoms with Crippen LogP contribution in [0.2, 0.25) is 5.02 Å². The maximum absolute atomic E-state index is 12.4. The third-order valence-corrected chi connectivity index (χ3v) is 5.48. The number of nitrogens with one attached hydrogen (secondary N) is 1. The smallest absolute Gasteiger partial charge is 0.260 e. The van der Waals surface area contributed by atoms with Crippen LogP contribution < -0.4 is 10.1 Å². The number of likely N-dealkylation sites (tertiary alicyclic amines) is 1. The first-order valence-corrected chi connectivity index (χ1v) is 10.4. The van der Waals surface area contributed by atoms with Crippen molar-refractivity contribution in [1.82, 2.24) is 4.90 Å². The lowest BCUT2D eigenvalue weighted by Gasteiger charge is -2.32. The van der Waals surface area contributed by atoms with Crippen LogP contribution in [0.3, 0.4) is 0 Å². The van der Waals surface area contributed by atoms with Gasteiger partial charge in [0.1, 0.15) is 5.75 Å². The van der Waals surface area contributed by atoms with Gasteiger partial charge in [-0.15, -0.1) is 0 Å². The minimum absolute atomic E-state index is 0.00408. The molecular weight excluding hydrogens is 388 g/mol. The maximum atomic E-state index is 12.4. The summed E-state index contributed by atoms with van der Waals surface area (Å²) in [6.45, 7) is 3.47. The highest BCUT2D eigenvalue weighted by Crippen LogP contribution is 2.23. The molecule has 1 saturated heterocycles. The molecule has 2 amide bonds. The largest absolute Gasteiger partial charge is 0.484 e. The summed E-state index contributed by atoms with van der Waals surface area (Å²) < 4.78 is 5.54. The van der Waals surface area contributed by atoms with Crippen LogP contribution >= 0.6 is 11.6 Å². The molecule has 3 rings (SSSR count). The van der Waals surface area contributed by atoms with Gasteiger partial charge in [0.2, 0.25) is 5.91 Å². The molecule has 1 fully saturated rings. The van der Waals surface area contributed by atoms with E-state index < -0.39 is 0 Å². The molecule has 29 heavy (non-hydrogen) atoms. The van der Waals surface area contributed by atoms with Crippen molar-refractivity contribution in [2.75, 3.05) is 25.0 Å². The first-order chi connectivity index (χ1) is 14.0. The number of hydrogen-bond acceptors (Lipinski definition) is 3. The molecule has 1 aliphatic rings.